The fraction of sp³-hybridized carbons (Fsp3) is 0.283. The van der Waals surface area contributed by atoms with Crippen LogP contribution in [0.3, 0.4) is 0 Å². The first-order valence-electron chi connectivity index (χ1n) is 19.4. The van der Waals surface area contributed by atoms with Gasteiger partial charge in [-0.25, -0.2) is 18.3 Å². The maximum atomic E-state index is 14.6. The SMILES string of the molecule is O=C(OCc1ccccc1)N1CC[C@]2(CCN(c3ccc4c(c3)c(N3CCC(F)(F)CC3)nn4C(c3ccccc3)(c3ccccc3)c3ccccc3)C2=O)C1. The molecular weight excluding hydrogens is 709 g/mol. The molecule has 1 aromatic heterocycles. The van der Waals surface area contributed by atoms with Gasteiger partial charge in [0.25, 0.3) is 5.92 Å². The van der Waals surface area contributed by atoms with Crippen molar-refractivity contribution < 1.29 is 23.1 Å². The normalized spacial score (nSPS) is 19.6. The molecule has 0 radical (unpaired) electrons. The molecule has 6 aromatic rings. The van der Waals surface area contributed by atoms with Crippen LogP contribution in [0.1, 0.15) is 47.9 Å². The second kappa shape index (κ2) is 14.2. The van der Waals surface area contributed by atoms with Crippen molar-refractivity contribution in [3.05, 3.63) is 162 Å². The fourth-order valence-corrected chi connectivity index (χ4v) is 8.98. The number of ether oxygens (including phenoxy) is 1. The van der Waals surface area contributed by atoms with Crippen LogP contribution in [0, 0.1) is 5.41 Å². The van der Waals surface area contributed by atoms with Crippen LogP contribution in [0.15, 0.2) is 140 Å². The average molecular weight is 752 g/mol. The van der Waals surface area contributed by atoms with Crippen LogP contribution in [-0.2, 0) is 21.7 Å². The van der Waals surface area contributed by atoms with E-state index in [9.17, 15) is 18.4 Å². The van der Waals surface area contributed by atoms with Crippen molar-refractivity contribution in [2.75, 3.05) is 42.5 Å². The van der Waals surface area contributed by atoms with E-state index in [1.165, 1.54) is 0 Å². The highest BCUT2D eigenvalue weighted by Crippen LogP contribution is 2.47. The molecule has 3 aliphatic rings. The second-order valence-corrected chi connectivity index (χ2v) is 15.3. The lowest BCUT2D eigenvalue weighted by atomic mass is 9.77. The van der Waals surface area contributed by atoms with Crippen LogP contribution in [-0.4, -0.2) is 65.3 Å². The molecule has 284 valence electrons. The van der Waals surface area contributed by atoms with E-state index in [0.717, 1.165) is 38.8 Å². The summed E-state index contributed by atoms with van der Waals surface area (Å²) in [6, 6.07) is 46.3. The Hall–Kier alpha value is -6.03. The first-order chi connectivity index (χ1) is 27.3. The number of hydrogen-bond donors (Lipinski definition) is 0. The number of benzene rings is 5. The summed E-state index contributed by atoms with van der Waals surface area (Å²) < 4.78 is 36.9. The lowest BCUT2D eigenvalue weighted by molar-refractivity contribution is -0.124. The molecule has 10 heteroatoms. The van der Waals surface area contributed by atoms with E-state index in [1.54, 1.807) is 4.90 Å². The number of carbonyl (C=O) groups is 2. The molecule has 56 heavy (non-hydrogen) atoms. The van der Waals surface area contributed by atoms with Crippen molar-refractivity contribution in [2.24, 2.45) is 5.41 Å². The molecular formula is C46H43F2N5O3. The molecule has 0 aliphatic carbocycles. The van der Waals surface area contributed by atoms with Gasteiger partial charge in [-0.1, -0.05) is 121 Å². The highest BCUT2D eigenvalue weighted by molar-refractivity contribution is 6.03. The highest BCUT2D eigenvalue weighted by Gasteiger charge is 2.52. The lowest BCUT2D eigenvalue weighted by Crippen LogP contribution is -2.41. The fourth-order valence-electron chi connectivity index (χ4n) is 8.98. The van der Waals surface area contributed by atoms with Gasteiger partial charge in [0.15, 0.2) is 5.82 Å². The van der Waals surface area contributed by atoms with Gasteiger partial charge in [-0.2, -0.15) is 5.10 Å². The third kappa shape index (κ3) is 6.17. The summed E-state index contributed by atoms with van der Waals surface area (Å²) in [6.45, 7) is 1.73. The predicted molar refractivity (Wildman–Crippen MR) is 213 cm³/mol. The number of aromatic nitrogens is 2. The van der Waals surface area contributed by atoms with Crippen molar-refractivity contribution in [1.82, 2.24) is 14.7 Å². The minimum absolute atomic E-state index is 0.0195. The highest BCUT2D eigenvalue weighted by atomic mass is 19.3. The average Bonchev–Trinajstić information content (AvgIpc) is 3.94. The number of nitrogens with zero attached hydrogens (tertiary/aromatic N) is 5. The van der Waals surface area contributed by atoms with E-state index < -0.39 is 23.0 Å². The van der Waals surface area contributed by atoms with Gasteiger partial charge >= 0.3 is 6.09 Å². The van der Waals surface area contributed by atoms with E-state index in [4.69, 9.17) is 9.84 Å². The van der Waals surface area contributed by atoms with Crippen molar-refractivity contribution >= 4 is 34.4 Å². The number of amides is 2. The van der Waals surface area contributed by atoms with Crippen molar-refractivity contribution in [3.8, 4) is 0 Å². The topological polar surface area (TPSA) is 70.9 Å². The second-order valence-electron chi connectivity index (χ2n) is 15.3. The van der Waals surface area contributed by atoms with E-state index in [1.807, 2.05) is 113 Å². The molecule has 9 rings (SSSR count). The summed E-state index contributed by atoms with van der Waals surface area (Å²) >= 11 is 0. The molecule has 0 bridgehead atoms. The summed E-state index contributed by atoms with van der Waals surface area (Å²) in [5, 5.41) is 6.21. The quantitative estimate of drug-likeness (QED) is 0.145. The first kappa shape index (κ1) is 35.7. The number of halogens is 2. The molecule has 3 saturated heterocycles. The Morgan fingerprint density at radius 3 is 1.84 bits per heavy atom. The number of alkyl halides is 2. The molecule has 5 aromatic carbocycles. The number of carbonyl (C=O) groups excluding carboxylic acids is 2. The Kier molecular flexibility index (Phi) is 9.06. The number of piperidine rings is 1. The Balaban J connectivity index is 1.12. The van der Waals surface area contributed by atoms with E-state index in [0.29, 0.717) is 38.3 Å². The minimum Gasteiger partial charge on any atom is -0.445 e. The number of fused-ring (bicyclic) bond motifs is 1. The third-order valence-electron chi connectivity index (χ3n) is 12.0. The maximum absolute atomic E-state index is 14.6. The number of likely N-dealkylation sites (tertiary alicyclic amines) is 1. The van der Waals surface area contributed by atoms with Crippen molar-refractivity contribution in [2.45, 2.75) is 43.8 Å². The number of anilines is 2. The molecule has 1 spiro atoms. The van der Waals surface area contributed by atoms with Gasteiger partial charge in [0, 0.05) is 56.6 Å². The van der Waals surface area contributed by atoms with Crippen LogP contribution in [0.5, 0.6) is 0 Å². The van der Waals surface area contributed by atoms with Gasteiger partial charge in [0.1, 0.15) is 12.1 Å². The Bertz CT molecular complexity index is 2250. The molecule has 0 N–H and O–H groups in total. The monoisotopic (exact) mass is 751 g/mol. The van der Waals surface area contributed by atoms with Crippen LogP contribution in [0.25, 0.3) is 10.9 Å². The molecule has 1 atom stereocenters. The van der Waals surface area contributed by atoms with Gasteiger partial charge in [0.05, 0.1) is 10.9 Å². The van der Waals surface area contributed by atoms with Gasteiger partial charge in [-0.05, 0) is 53.3 Å². The van der Waals surface area contributed by atoms with Gasteiger partial charge in [-0.3, -0.25) is 4.79 Å². The lowest BCUT2D eigenvalue weighted by Gasteiger charge is -2.37. The van der Waals surface area contributed by atoms with E-state index >= 15 is 0 Å². The van der Waals surface area contributed by atoms with E-state index in [-0.39, 0.29) is 38.4 Å². The van der Waals surface area contributed by atoms with Crippen LogP contribution in [0.4, 0.5) is 25.1 Å². The number of hydrogen-bond acceptors (Lipinski definition) is 5. The Morgan fingerprint density at radius 1 is 0.696 bits per heavy atom. The Morgan fingerprint density at radius 2 is 1.25 bits per heavy atom. The van der Waals surface area contributed by atoms with Crippen molar-refractivity contribution in [1.29, 1.82) is 0 Å². The smallest absolute Gasteiger partial charge is 0.410 e. The van der Waals surface area contributed by atoms with Crippen LogP contribution >= 0.6 is 0 Å². The first-order valence-corrected chi connectivity index (χ1v) is 19.4. The standard InChI is InChI=1S/C46H43F2N5O3/c47-45(48)25-28-50(29-26-45)41-39-31-38(52-30-24-44(42(52)54)23-27-51(33-44)43(55)56-32-34-13-5-1-6-14-34)21-22-40(39)53(49-41)46(35-15-7-2-8-16-35,36-17-9-3-10-18-36)37-19-11-4-12-20-37/h1-22,31H,23-30,32-33H2/t44-/m0/s1. The molecule has 0 unspecified atom stereocenters. The molecule has 3 aliphatic heterocycles. The summed E-state index contributed by atoms with van der Waals surface area (Å²) in [5.74, 6) is -2.14. The van der Waals surface area contributed by atoms with Gasteiger partial charge in [-0.15, -0.1) is 0 Å². The number of rotatable bonds is 8. The zero-order valence-electron chi connectivity index (χ0n) is 31.1. The molecule has 4 heterocycles. The molecule has 3 fully saturated rings. The summed E-state index contributed by atoms with van der Waals surface area (Å²) in [7, 11) is 0. The maximum Gasteiger partial charge on any atom is 0.410 e. The van der Waals surface area contributed by atoms with Crippen LogP contribution in [0.2, 0.25) is 0 Å². The third-order valence-corrected chi connectivity index (χ3v) is 12.0. The van der Waals surface area contributed by atoms with E-state index in [2.05, 4.69) is 41.1 Å². The van der Waals surface area contributed by atoms with Crippen molar-refractivity contribution in [3.63, 3.8) is 0 Å². The minimum atomic E-state index is -2.73. The predicted octanol–water partition coefficient (Wildman–Crippen LogP) is 8.88. The summed E-state index contributed by atoms with van der Waals surface area (Å²) in [6.07, 6.45) is 0.225. The molecule has 8 nitrogen and oxygen atoms in total. The zero-order valence-corrected chi connectivity index (χ0v) is 31.1. The Labute approximate surface area is 324 Å². The largest absolute Gasteiger partial charge is 0.445 e. The van der Waals surface area contributed by atoms with Gasteiger partial charge in [0.2, 0.25) is 5.91 Å². The zero-order chi connectivity index (χ0) is 38.3. The summed E-state index contributed by atoms with van der Waals surface area (Å²) in [4.78, 5) is 33.0. The molecule has 2 amide bonds. The van der Waals surface area contributed by atoms with Gasteiger partial charge < -0.3 is 19.4 Å². The molecule has 0 saturated carbocycles. The summed E-state index contributed by atoms with van der Waals surface area (Å²) in [5.41, 5.74) is 3.78. The van der Waals surface area contributed by atoms with Crippen LogP contribution < -0.4 is 9.80 Å².